The van der Waals surface area contributed by atoms with E-state index < -0.39 is 0 Å². The molecule has 0 radical (unpaired) electrons. The second-order valence-electron chi connectivity index (χ2n) is 5.18. The van der Waals surface area contributed by atoms with Crippen molar-refractivity contribution >= 4 is 22.5 Å². The van der Waals surface area contributed by atoms with Gasteiger partial charge in [-0.3, -0.25) is 4.98 Å². The minimum atomic E-state index is 0.407. The van der Waals surface area contributed by atoms with Crippen molar-refractivity contribution in [1.29, 1.82) is 0 Å². The predicted octanol–water partition coefficient (Wildman–Crippen LogP) is 3.47. The van der Waals surface area contributed by atoms with Gasteiger partial charge < -0.3 is 11.1 Å². The van der Waals surface area contributed by atoms with Crippen LogP contribution < -0.4 is 11.1 Å². The summed E-state index contributed by atoms with van der Waals surface area (Å²) in [4.78, 5) is 8.77. The molecule has 0 fully saturated rings. The average Bonchev–Trinajstić information content (AvgIpc) is 2.55. The number of hydrogen-bond donors (Lipinski definition) is 2. The predicted molar refractivity (Wildman–Crippen MR) is 91.9 cm³/mol. The van der Waals surface area contributed by atoms with E-state index in [2.05, 4.69) is 28.3 Å². The molecule has 22 heavy (non-hydrogen) atoms. The van der Waals surface area contributed by atoms with Crippen molar-refractivity contribution in [1.82, 2.24) is 4.98 Å². The molecule has 0 amide bonds. The number of hydrogen-bond acceptors (Lipinski definition) is 2. The summed E-state index contributed by atoms with van der Waals surface area (Å²) in [7, 11) is 0. The Bertz CT molecular complexity index is 801. The van der Waals surface area contributed by atoms with Crippen LogP contribution in [-0.4, -0.2) is 10.9 Å². The standard InChI is InChI=1S/C18H18N4/c1-13-6-8-15(9-7-13)22-18(19)21-12-14-10-11-20-17-5-3-2-4-16(14)17/h2-11H,12H2,1H3,(H3,19,21,22). The summed E-state index contributed by atoms with van der Waals surface area (Å²) in [6, 6.07) is 18.1. The van der Waals surface area contributed by atoms with Crippen molar-refractivity contribution in [3.8, 4) is 0 Å². The lowest BCUT2D eigenvalue weighted by Gasteiger charge is -2.07. The van der Waals surface area contributed by atoms with E-state index in [-0.39, 0.29) is 0 Å². The van der Waals surface area contributed by atoms with E-state index in [4.69, 9.17) is 5.73 Å². The highest BCUT2D eigenvalue weighted by Gasteiger charge is 2.01. The number of fused-ring (bicyclic) bond motifs is 1. The van der Waals surface area contributed by atoms with Gasteiger partial charge in [-0.15, -0.1) is 0 Å². The monoisotopic (exact) mass is 290 g/mol. The van der Waals surface area contributed by atoms with Crippen LogP contribution in [0.4, 0.5) is 5.69 Å². The first kappa shape index (κ1) is 14.1. The largest absolute Gasteiger partial charge is 0.370 e. The molecule has 4 heteroatoms. The first-order chi connectivity index (χ1) is 10.7. The van der Waals surface area contributed by atoms with Gasteiger partial charge in [-0.25, -0.2) is 4.99 Å². The SMILES string of the molecule is Cc1ccc(NC(N)=NCc2ccnc3ccccc23)cc1. The fourth-order valence-corrected chi connectivity index (χ4v) is 2.29. The fourth-order valence-electron chi connectivity index (χ4n) is 2.29. The maximum absolute atomic E-state index is 5.96. The van der Waals surface area contributed by atoms with Gasteiger partial charge in [-0.1, -0.05) is 35.9 Å². The van der Waals surface area contributed by atoms with Gasteiger partial charge in [0.2, 0.25) is 0 Å². The average molecular weight is 290 g/mol. The molecule has 1 aromatic heterocycles. The molecule has 3 rings (SSSR count). The summed E-state index contributed by atoms with van der Waals surface area (Å²) >= 11 is 0. The summed E-state index contributed by atoms with van der Waals surface area (Å²) in [6.45, 7) is 2.57. The van der Waals surface area contributed by atoms with Crippen molar-refractivity contribution in [3.63, 3.8) is 0 Å². The molecule has 3 N–H and O–H groups in total. The van der Waals surface area contributed by atoms with Gasteiger partial charge in [0, 0.05) is 17.3 Å². The number of rotatable bonds is 3. The van der Waals surface area contributed by atoms with Gasteiger partial charge in [0.1, 0.15) is 0 Å². The lowest BCUT2D eigenvalue weighted by atomic mass is 10.1. The van der Waals surface area contributed by atoms with E-state index in [1.807, 2.05) is 48.5 Å². The van der Waals surface area contributed by atoms with Crippen LogP contribution in [0.1, 0.15) is 11.1 Å². The molecule has 0 bridgehead atoms. The summed E-state index contributed by atoms with van der Waals surface area (Å²) in [6.07, 6.45) is 1.80. The zero-order valence-electron chi connectivity index (χ0n) is 12.5. The Morgan fingerprint density at radius 3 is 2.68 bits per heavy atom. The number of nitrogens with one attached hydrogen (secondary N) is 1. The molecule has 0 spiro atoms. The minimum Gasteiger partial charge on any atom is -0.370 e. The molecule has 0 aliphatic rings. The summed E-state index contributed by atoms with van der Waals surface area (Å²) in [5.74, 6) is 0.407. The van der Waals surface area contributed by atoms with Gasteiger partial charge in [0.05, 0.1) is 12.1 Å². The van der Waals surface area contributed by atoms with E-state index in [0.717, 1.165) is 22.2 Å². The van der Waals surface area contributed by atoms with Crippen LogP contribution in [0.25, 0.3) is 10.9 Å². The number of nitrogens with zero attached hydrogens (tertiary/aromatic N) is 2. The van der Waals surface area contributed by atoms with Crippen LogP contribution in [0.2, 0.25) is 0 Å². The number of anilines is 1. The number of benzene rings is 2. The number of aromatic nitrogens is 1. The quantitative estimate of drug-likeness (QED) is 0.573. The van der Waals surface area contributed by atoms with Gasteiger partial charge in [0.25, 0.3) is 0 Å². The van der Waals surface area contributed by atoms with Crippen molar-refractivity contribution in [2.75, 3.05) is 5.32 Å². The van der Waals surface area contributed by atoms with Crippen molar-refractivity contribution < 1.29 is 0 Å². The first-order valence-electron chi connectivity index (χ1n) is 7.18. The lowest BCUT2D eigenvalue weighted by molar-refractivity contribution is 1.07. The van der Waals surface area contributed by atoms with Crippen molar-refractivity contribution in [2.45, 2.75) is 13.5 Å². The highest BCUT2D eigenvalue weighted by Crippen LogP contribution is 2.17. The minimum absolute atomic E-state index is 0.407. The van der Waals surface area contributed by atoms with Crippen LogP contribution in [0.3, 0.4) is 0 Å². The molecule has 2 aromatic carbocycles. The Morgan fingerprint density at radius 2 is 1.86 bits per heavy atom. The van der Waals surface area contributed by atoms with Gasteiger partial charge in [-0.05, 0) is 36.8 Å². The zero-order valence-corrected chi connectivity index (χ0v) is 12.5. The molecule has 0 saturated carbocycles. The second kappa shape index (κ2) is 6.26. The number of aryl methyl sites for hydroxylation is 1. The van der Waals surface area contributed by atoms with Gasteiger partial charge in [0.15, 0.2) is 5.96 Å². The molecular weight excluding hydrogens is 272 g/mol. The molecule has 3 aromatic rings. The second-order valence-corrected chi connectivity index (χ2v) is 5.18. The Morgan fingerprint density at radius 1 is 1.09 bits per heavy atom. The number of aliphatic imine (C=N–C) groups is 1. The zero-order chi connectivity index (χ0) is 15.4. The molecule has 4 nitrogen and oxygen atoms in total. The third-order valence-corrected chi connectivity index (χ3v) is 3.48. The summed E-state index contributed by atoms with van der Waals surface area (Å²) < 4.78 is 0. The van der Waals surface area contributed by atoms with Crippen LogP contribution in [0.5, 0.6) is 0 Å². The first-order valence-corrected chi connectivity index (χ1v) is 7.18. The normalized spacial score (nSPS) is 11.6. The number of nitrogens with two attached hydrogens (primary N) is 1. The third-order valence-electron chi connectivity index (χ3n) is 3.48. The van der Waals surface area contributed by atoms with Crippen LogP contribution in [0.15, 0.2) is 65.8 Å². The molecule has 0 aliphatic heterocycles. The topological polar surface area (TPSA) is 63.3 Å². The molecule has 0 atom stereocenters. The van der Waals surface area contributed by atoms with Crippen LogP contribution in [0, 0.1) is 6.92 Å². The highest BCUT2D eigenvalue weighted by atomic mass is 15.1. The molecule has 0 saturated heterocycles. The van der Waals surface area contributed by atoms with E-state index in [1.54, 1.807) is 6.20 Å². The fraction of sp³-hybridized carbons (Fsp3) is 0.111. The molecule has 0 aliphatic carbocycles. The molecule has 110 valence electrons. The van der Waals surface area contributed by atoms with Gasteiger partial charge in [-0.2, -0.15) is 0 Å². The number of guanidine groups is 1. The third kappa shape index (κ3) is 3.23. The lowest BCUT2D eigenvalue weighted by Crippen LogP contribution is -2.22. The van der Waals surface area contributed by atoms with E-state index in [9.17, 15) is 0 Å². The molecule has 1 heterocycles. The highest BCUT2D eigenvalue weighted by molar-refractivity contribution is 5.92. The Labute approximate surface area is 129 Å². The Hall–Kier alpha value is -2.88. The Balaban J connectivity index is 1.76. The van der Waals surface area contributed by atoms with E-state index >= 15 is 0 Å². The molecule has 0 unspecified atom stereocenters. The van der Waals surface area contributed by atoms with Crippen molar-refractivity contribution in [2.24, 2.45) is 10.7 Å². The summed E-state index contributed by atoms with van der Waals surface area (Å²) in [5, 5.41) is 4.21. The van der Waals surface area contributed by atoms with Gasteiger partial charge >= 0.3 is 0 Å². The van der Waals surface area contributed by atoms with E-state index in [1.165, 1.54) is 5.56 Å². The maximum Gasteiger partial charge on any atom is 0.193 e. The smallest absolute Gasteiger partial charge is 0.193 e. The van der Waals surface area contributed by atoms with Crippen LogP contribution >= 0.6 is 0 Å². The summed E-state index contributed by atoms with van der Waals surface area (Å²) in [5.41, 5.74) is 10.2. The molecular formula is C18H18N4. The van der Waals surface area contributed by atoms with Crippen molar-refractivity contribution in [3.05, 3.63) is 71.9 Å². The van der Waals surface area contributed by atoms with Crippen LogP contribution in [-0.2, 0) is 6.54 Å². The maximum atomic E-state index is 5.96. The number of pyridine rings is 1. The Kier molecular flexibility index (Phi) is 4.01. The number of para-hydroxylation sites is 1. The van der Waals surface area contributed by atoms with E-state index in [0.29, 0.717) is 12.5 Å².